The molecule has 11 rings (SSSR count). The summed E-state index contributed by atoms with van der Waals surface area (Å²) in [5, 5.41) is 2.34. The van der Waals surface area contributed by atoms with Crippen LogP contribution in [0.2, 0.25) is 0 Å². The lowest BCUT2D eigenvalue weighted by molar-refractivity contribution is 0.483. The summed E-state index contributed by atoms with van der Waals surface area (Å²) < 4.78 is 9.16. The van der Waals surface area contributed by atoms with Gasteiger partial charge in [0.05, 0.1) is 28.1 Å². The van der Waals surface area contributed by atoms with E-state index in [0.29, 0.717) is 6.67 Å². The van der Waals surface area contributed by atoms with Gasteiger partial charge in [-0.2, -0.15) is 0 Å². The van der Waals surface area contributed by atoms with Crippen LogP contribution in [0.1, 0.15) is 105 Å². The van der Waals surface area contributed by atoms with Gasteiger partial charge in [-0.1, -0.05) is 192 Å². The van der Waals surface area contributed by atoms with E-state index < -0.39 is 0 Å². The molecule has 1 aliphatic rings. The van der Waals surface area contributed by atoms with E-state index in [2.05, 4.69) is 286 Å². The third-order valence-electron chi connectivity index (χ3n) is 15.1. The van der Waals surface area contributed by atoms with E-state index in [0.717, 1.165) is 50.8 Å². The van der Waals surface area contributed by atoms with Crippen molar-refractivity contribution in [1.82, 2.24) is 9.55 Å². The smallest absolute Gasteiger partial charge is 0.137 e. The zero-order valence-electron chi connectivity index (χ0n) is 45.9. The highest BCUT2D eigenvalue weighted by Gasteiger charge is 2.34. The highest BCUT2D eigenvalue weighted by atomic mass is 16.5. The zero-order valence-corrected chi connectivity index (χ0v) is 45.9. The molecule has 0 saturated heterocycles. The second kappa shape index (κ2) is 18.5. The third-order valence-corrected chi connectivity index (χ3v) is 15.1. The average molecular weight is 983 g/mol. The van der Waals surface area contributed by atoms with E-state index in [1.165, 1.54) is 66.7 Å². The van der Waals surface area contributed by atoms with Crippen LogP contribution in [0.4, 0.5) is 22.7 Å². The SMILES string of the molecule is CC(C)(C)c1ccc(-c2ccc(-c3cc(C(C)(C)C)cc(-c4ccccc4C(C)(C)C)c3N3CN(c4cccc(Oc5ccc6c7ccccc7n(-c7cc(C(C)(C)C)ccn7)c6c5)c4)c4ccccc43)cc2)cc1. The van der Waals surface area contributed by atoms with Crippen LogP contribution >= 0.6 is 0 Å². The number of pyridine rings is 1. The van der Waals surface area contributed by atoms with Crippen molar-refractivity contribution in [3.05, 3.63) is 217 Å². The van der Waals surface area contributed by atoms with Crippen LogP contribution < -0.4 is 14.5 Å². The molecule has 3 heterocycles. The fourth-order valence-corrected chi connectivity index (χ4v) is 10.9. The quantitative estimate of drug-likeness (QED) is 0.152. The minimum absolute atomic E-state index is 0.0196. The Morgan fingerprint density at radius 1 is 0.400 bits per heavy atom. The van der Waals surface area contributed by atoms with E-state index >= 15 is 0 Å². The molecule has 75 heavy (non-hydrogen) atoms. The maximum absolute atomic E-state index is 6.88. The summed E-state index contributed by atoms with van der Waals surface area (Å²) in [5.74, 6) is 2.42. The van der Waals surface area contributed by atoms with Crippen LogP contribution in [-0.4, -0.2) is 16.2 Å². The Morgan fingerprint density at radius 2 is 0.987 bits per heavy atom. The summed E-state index contributed by atoms with van der Waals surface area (Å²) in [5.41, 5.74) is 19.0. The van der Waals surface area contributed by atoms with Crippen molar-refractivity contribution in [2.45, 2.75) is 105 Å². The number of aromatic nitrogens is 2. The molecule has 0 N–H and O–H groups in total. The standard InChI is InChI=1S/C70H70N4O/c1-67(2,3)49-34-32-47(33-35-49)46-28-30-48(31-29-46)58-40-51(69(7,8)9)41-59(55-22-13-15-24-60(55)70(10,11)12)66(58)73-45-72(62-26-17-18-27-63(62)73)52-20-19-21-53(43-52)75-54-36-37-57-56-23-14-16-25-61(56)74(64(57)44-54)65-42-50(38-39-71-65)68(4,5)6/h13-44H,45H2,1-12H3. The Kier molecular flexibility index (Phi) is 12.2. The Morgan fingerprint density at radius 3 is 1.68 bits per heavy atom. The molecular weight excluding hydrogens is 913 g/mol. The maximum atomic E-state index is 6.88. The number of ether oxygens (including phenoxy) is 1. The van der Waals surface area contributed by atoms with Crippen molar-refractivity contribution >= 4 is 44.6 Å². The summed E-state index contributed by atoms with van der Waals surface area (Å²) in [7, 11) is 0. The van der Waals surface area contributed by atoms with Crippen molar-refractivity contribution in [3.8, 4) is 50.7 Å². The van der Waals surface area contributed by atoms with Crippen LogP contribution in [-0.2, 0) is 21.7 Å². The highest BCUT2D eigenvalue weighted by Crippen LogP contribution is 2.53. The van der Waals surface area contributed by atoms with Gasteiger partial charge in [0.15, 0.2) is 0 Å². The Bertz CT molecular complexity index is 3760. The van der Waals surface area contributed by atoms with Crippen molar-refractivity contribution in [1.29, 1.82) is 0 Å². The van der Waals surface area contributed by atoms with Gasteiger partial charge in [0.2, 0.25) is 0 Å². The number of nitrogens with zero attached hydrogens (tertiary/aromatic N) is 4. The molecule has 8 aromatic carbocycles. The van der Waals surface area contributed by atoms with E-state index in [1.807, 2.05) is 6.20 Å². The predicted octanol–water partition coefficient (Wildman–Crippen LogP) is 19.4. The van der Waals surface area contributed by atoms with Gasteiger partial charge in [0, 0.05) is 45.9 Å². The predicted molar refractivity (Wildman–Crippen MR) is 318 cm³/mol. The molecule has 5 nitrogen and oxygen atoms in total. The fraction of sp³-hybridized carbons (Fsp3) is 0.243. The second-order valence-electron chi connectivity index (χ2n) is 24.6. The second-order valence-corrected chi connectivity index (χ2v) is 24.6. The lowest BCUT2D eigenvalue weighted by Crippen LogP contribution is -2.25. The molecule has 2 aromatic heterocycles. The molecule has 0 atom stereocenters. The van der Waals surface area contributed by atoms with Gasteiger partial charge in [0.1, 0.15) is 24.0 Å². The lowest BCUT2D eigenvalue weighted by Gasteiger charge is -2.32. The molecule has 10 aromatic rings. The Hall–Kier alpha value is -7.89. The van der Waals surface area contributed by atoms with Crippen molar-refractivity contribution in [2.75, 3.05) is 16.5 Å². The number of anilines is 4. The summed E-state index contributed by atoms with van der Waals surface area (Å²) in [6.45, 7) is 28.1. The van der Waals surface area contributed by atoms with Crippen LogP contribution in [0.25, 0.3) is 61.0 Å². The molecule has 0 fully saturated rings. The average Bonchev–Trinajstić information content (AvgIpc) is 3.98. The fourth-order valence-electron chi connectivity index (χ4n) is 10.9. The van der Waals surface area contributed by atoms with Crippen LogP contribution in [0.15, 0.2) is 194 Å². The topological polar surface area (TPSA) is 33.5 Å². The van der Waals surface area contributed by atoms with Crippen LogP contribution in [0.5, 0.6) is 11.5 Å². The normalized spacial score (nSPS) is 13.2. The van der Waals surface area contributed by atoms with Gasteiger partial charge in [-0.05, 0) is 133 Å². The van der Waals surface area contributed by atoms with Gasteiger partial charge in [0.25, 0.3) is 0 Å². The summed E-state index contributed by atoms with van der Waals surface area (Å²) in [4.78, 5) is 9.90. The largest absolute Gasteiger partial charge is 0.457 e. The van der Waals surface area contributed by atoms with E-state index in [-0.39, 0.29) is 21.7 Å². The van der Waals surface area contributed by atoms with Gasteiger partial charge in [-0.3, -0.25) is 4.57 Å². The van der Waals surface area contributed by atoms with Crippen LogP contribution in [0, 0.1) is 0 Å². The Balaban J connectivity index is 1.02. The van der Waals surface area contributed by atoms with Gasteiger partial charge in [-0.25, -0.2) is 4.98 Å². The van der Waals surface area contributed by atoms with Crippen molar-refractivity contribution < 1.29 is 4.74 Å². The number of hydrogen-bond acceptors (Lipinski definition) is 4. The Labute approximate surface area is 445 Å². The number of rotatable bonds is 8. The summed E-state index contributed by atoms with van der Waals surface area (Å²) in [6, 6.07) is 69.1. The van der Waals surface area contributed by atoms with Gasteiger partial charge in [-0.15, -0.1) is 0 Å². The molecule has 0 aliphatic carbocycles. The van der Waals surface area contributed by atoms with Crippen LogP contribution in [0.3, 0.4) is 0 Å². The minimum atomic E-state index is -0.113. The van der Waals surface area contributed by atoms with Crippen molar-refractivity contribution in [2.24, 2.45) is 0 Å². The van der Waals surface area contributed by atoms with E-state index in [4.69, 9.17) is 9.72 Å². The number of benzene rings is 8. The highest BCUT2D eigenvalue weighted by molar-refractivity contribution is 6.09. The van der Waals surface area contributed by atoms with Crippen molar-refractivity contribution in [3.63, 3.8) is 0 Å². The lowest BCUT2D eigenvalue weighted by atomic mass is 9.78. The summed E-state index contributed by atoms with van der Waals surface area (Å²) in [6.07, 6.45) is 1.93. The van der Waals surface area contributed by atoms with Gasteiger partial charge >= 0.3 is 0 Å². The first kappa shape index (κ1) is 49.3. The van der Waals surface area contributed by atoms with Gasteiger partial charge < -0.3 is 14.5 Å². The molecule has 0 bridgehead atoms. The molecule has 0 spiro atoms. The first-order valence-electron chi connectivity index (χ1n) is 26.6. The third kappa shape index (κ3) is 9.39. The van der Waals surface area contributed by atoms with E-state index in [9.17, 15) is 0 Å². The molecule has 1 aliphatic heterocycles. The molecule has 0 unspecified atom stereocenters. The first-order chi connectivity index (χ1) is 35.7. The first-order valence-corrected chi connectivity index (χ1v) is 26.6. The number of para-hydroxylation sites is 3. The molecular formula is C70H70N4O. The molecule has 0 radical (unpaired) electrons. The number of fused-ring (bicyclic) bond motifs is 4. The summed E-state index contributed by atoms with van der Waals surface area (Å²) >= 11 is 0. The molecule has 0 amide bonds. The van der Waals surface area contributed by atoms with E-state index in [1.54, 1.807) is 0 Å². The molecule has 5 heteroatoms. The minimum Gasteiger partial charge on any atom is -0.457 e. The number of hydrogen-bond donors (Lipinski definition) is 0. The maximum Gasteiger partial charge on any atom is 0.137 e. The molecule has 376 valence electrons. The molecule has 0 saturated carbocycles. The monoisotopic (exact) mass is 983 g/mol. The zero-order chi connectivity index (χ0) is 52.6.